The summed E-state index contributed by atoms with van der Waals surface area (Å²) < 4.78 is 28.8. The summed E-state index contributed by atoms with van der Waals surface area (Å²) in [5, 5.41) is 14.0. The van der Waals surface area contributed by atoms with Gasteiger partial charge in [-0.15, -0.1) is 0 Å². The fourth-order valence-corrected chi connectivity index (χ4v) is 2.28. The van der Waals surface area contributed by atoms with Crippen LogP contribution in [0.3, 0.4) is 0 Å². The minimum atomic E-state index is -3.86. The molecule has 1 aromatic heterocycles. The lowest BCUT2D eigenvalue weighted by Crippen LogP contribution is -2.37. The number of nitrogens with two attached hydrogens (primary N) is 1. The first-order valence-electron chi connectivity index (χ1n) is 5.89. The number of hydrogen-bond donors (Lipinski definition) is 2. The summed E-state index contributed by atoms with van der Waals surface area (Å²) in [6.07, 6.45) is 1.27. The second kappa shape index (κ2) is 6.84. The number of primary sulfonamides is 1. The largest absolute Gasteiger partial charge is 0.395 e. The monoisotopic (exact) mass is 305 g/mol. The van der Waals surface area contributed by atoms with Crippen LogP contribution in [0.25, 0.3) is 0 Å². The van der Waals surface area contributed by atoms with Crippen molar-refractivity contribution < 1.29 is 23.1 Å². The Balaban J connectivity index is 3.02. The topological polar surface area (TPSA) is 115 Å². The molecule has 0 saturated heterocycles. The molecule has 0 aromatic carbocycles. The van der Waals surface area contributed by atoms with Crippen LogP contribution < -0.4 is 5.14 Å². The van der Waals surface area contributed by atoms with Gasteiger partial charge in [0.25, 0.3) is 5.91 Å². The second-order valence-corrected chi connectivity index (χ2v) is 5.79. The van der Waals surface area contributed by atoms with Crippen molar-refractivity contribution in [3.8, 4) is 0 Å². The number of carbonyl (C=O) groups is 1. The highest BCUT2D eigenvalue weighted by Crippen LogP contribution is 2.13. The summed E-state index contributed by atoms with van der Waals surface area (Å²) in [6, 6.07) is 1.22. The fraction of sp³-hybridized carbons (Fsp3) is 0.545. The summed E-state index contributed by atoms with van der Waals surface area (Å²) in [7, 11) is -0.804. The van der Waals surface area contributed by atoms with E-state index in [9.17, 15) is 13.2 Å². The summed E-state index contributed by atoms with van der Waals surface area (Å²) in [4.78, 5) is 13.6. The minimum absolute atomic E-state index is 0.126. The van der Waals surface area contributed by atoms with Gasteiger partial charge in [-0.3, -0.25) is 4.79 Å². The van der Waals surface area contributed by atoms with Crippen molar-refractivity contribution in [2.75, 3.05) is 33.4 Å². The van der Waals surface area contributed by atoms with E-state index in [1.807, 2.05) is 0 Å². The summed E-state index contributed by atoms with van der Waals surface area (Å²) in [5.74, 6) is -0.395. The van der Waals surface area contributed by atoms with Crippen LogP contribution in [0.1, 0.15) is 10.5 Å². The zero-order valence-electron chi connectivity index (χ0n) is 11.4. The van der Waals surface area contributed by atoms with Crippen LogP contribution in [0.5, 0.6) is 0 Å². The Morgan fingerprint density at radius 1 is 1.50 bits per heavy atom. The Morgan fingerprint density at radius 3 is 2.60 bits per heavy atom. The van der Waals surface area contributed by atoms with Crippen molar-refractivity contribution in [1.82, 2.24) is 9.47 Å². The summed E-state index contributed by atoms with van der Waals surface area (Å²) in [6.45, 7) is 0.560. The zero-order chi connectivity index (χ0) is 15.3. The van der Waals surface area contributed by atoms with Gasteiger partial charge in [0.05, 0.1) is 13.2 Å². The molecular weight excluding hydrogens is 286 g/mol. The molecule has 1 rings (SSSR count). The lowest BCUT2D eigenvalue weighted by atomic mass is 10.3. The molecule has 0 saturated carbocycles. The van der Waals surface area contributed by atoms with Crippen molar-refractivity contribution in [3.63, 3.8) is 0 Å². The van der Waals surface area contributed by atoms with Crippen LogP contribution in [-0.4, -0.2) is 62.3 Å². The molecule has 8 nitrogen and oxygen atoms in total. The highest BCUT2D eigenvalue weighted by molar-refractivity contribution is 7.89. The molecule has 0 aliphatic rings. The molecule has 0 radical (unpaired) electrons. The van der Waals surface area contributed by atoms with Crippen molar-refractivity contribution in [3.05, 3.63) is 18.0 Å². The van der Waals surface area contributed by atoms with Crippen molar-refractivity contribution in [2.45, 2.75) is 4.90 Å². The molecule has 0 spiro atoms. The van der Waals surface area contributed by atoms with Crippen LogP contribution in [0.4, 0.5) is 0 Å². The Hall–Kier alpha value is -1.42. The average Bonchev–Trinajstić information content (AvgIpc) is 2.75. The van der Waals surface area contributed by atoms with E-state index in [0.29, 0.717) is 13.2 Å². The highest BCUT2D eigenvalue weighted by Gasteiger charge is 2.21. The SMILES string of the molecule is COCCN(CCO)C(=O)c1cc(S(N)(=O)=O)cn1C. The van der Waals surface area contributed by atoms with Crippen molar-refractivity contribution in [2.24, 2.45) is 12.2 Å². The molecule has 114 valence electrons. The first-order valence-corrected chi connectivity index (χ1v) is 7.44. The molecule has 0 aliphatic heterocycles. The predicted octanol–water partition coefficient (Wildman–Crippen LogP) is -1.25. The first-order chi connectivity index (χ1) is 9.31. The van der Waals surface area contributed by atoms with Crippen LogP contribution in [0, 0.1) is 0 Å². The highest BCUT2D eigenvalue weighted by atomic mass is 32.2. The maximum absolute atomic E-state index is 12.3. The van der Waals surface area contributed by atoms with Gasteiger partial charge in [-0.25, -0.2) is 13.6 Å². The molecule has 0 fully saturated rings. The molecule has 1 amide bonds. The second-order valence-electron chi connectivity index (χ2n) is 4.23. The molecule has 1 aromatic rings. The van der Waals surface area contributed by atoms with E-state index in [1.54, 1.807) is 7.05 Å². The molecule has 3 N–H and O–H groups in total. The summed E-state index contributed by atoms with van der Waals surface area (Å²) >= 11 is 0. The number of aryl methyl sites for hydroxylation is 1. The number of aliphatic hydroxyl groups excluding tert-OH is 1. The fourth-order valence-electron chi connectivity index (χ4n) is 1.70. The van der Waals surface area contributed by atoms with Crippen LogP contribution in [-0.2, 0) is 21.8 Å². The molecule has 9 heteroatoms. The number of carbonyl (C=O) groups excluding carboxylic acids is 1. The third-order valence-electron chi connectivity index (χ3n) is 2.75. The molecule has 1 heterocycles. The van der Waals surface area contributed by atoms with Gasteiger partial charge in [-0.1, -0.05) is 0 Å². The first kappa shape index (κ1) is 16.6. The molecule has 20 heavy (non-hydrogen) atoms. The third-order valence-corrected chi connectivity index (χ3v) is 3.63. The van der Waals surface area contributed by atoms with Gasteiger partial charge in [0, 0.05) is 33.4 Å². The van der Waals surface area contributed by atoms with Gasteiger partial charge in [-0.2, -0.15) is 0 Å². The van der Waals surface area contributed by atoms with Gasteiger partial charge in [0.1, 0.15) is 10.6 Å². The van der Waals surface area contributed by atoms with E-state index in [0.717, 1.165) is 0 Å². The van der Waals surface area contributed by atoms with E-state index in [-0.39, 0.29) is 23.7 Å². The number of nitrogens with zero attached hydrogens (tertiary/aromatic N) is 2. The van der Waals surface area contributed by atoms with E-state index < -0.39 is 15.9 Å². The maximum Gasteiger partial charge on any atom is 0.270 e. The molecule has 0 atom stereocenters. The number of aromatic nitrogens is 1. The molecule has 0 aliphatic carbocycles. The number of rotatable bonds is 7. The lowest BCUT2D eigenvalue weighted by molar-refractivity contribution is 0.0647. The predicted molar refractivity (Wildman–Crippen MR) is 71.7 cm³/mol. The number of sulfonamides is 1. The van der Waals surface area contributed by atoms with E-state index in [2.05, 4.69) is 0 Å². The Bertz CT molecular complexity index is 567. The average molecular weight is 305 g/mol. The van der Waals surface area contributed by atoms with Crippen LogP contribution in [0.15, 0.2) is 17.2 Å². The quantitative estimate of drug-likeness (QED) is 0.653. The number of amides is 1. The van der Waals surface area contributed by atoms with E-state index >= 15 is 0 Å². The lowest BCUT2D eigenvalue weighted by Gasteiger charge is -2.21. The van der Waals surface area contributed by atoms with Gasteiger partial charge >= 0.3 is 0 Å². The van der Waals surface area contributed by atoms with Gasteiger partial charge in [0.2, 0.25) is 10.0 Å². The van der Waals surface area contributed by atoms with Crippen LogP contribution >= 0.6 is 0 Å². The normalized spacial score (nSPS) is 11.6. The Morgan fingerprint density at radius 2 is 2.15 bits per heavy atom. The number of aliphatic hydroxyl groups is 1. The molecule has 0 bridgehead atoms. The van der Waals surface area contributed by atoms with Gasteiger partial charge in [0.15, 0.2) is 0 Å². The zero-order valence-corrected chi connectivity index (χ0v) is 12.3. The maximum atomic E-state index is 12.3. The van der Waals surface area contributed by atoms with Crippen LogP contribution in [0.2, 0.25) is 0 Å². The number of ether oxygens (including phenoxy) is 1. The standard InChI is InChI=1S/C11H19N3O5S/c1-13-8-9(20(12,17)18)7-10(13)11(16)14(3-5-15)4-6-19-2/h7-8,15H,3-6H2,1-2H3,(H2,12,17,18). The van der Waals surface area contributed by atoms with E-state index in [1.165, 1.54) is 28.8 Å². The molecule has 0 unspecified atom stereocenters. The number of hydrogen-bond acceptors (Lipinski definition) is 5. The minimum Gasteiger partial charge on any atom is -0.395 e. The Kier molecular flexibility index (Phi) is 5.69. The smallest absolute Gasteiger partial charge is 0.270 e. The van der Waals surface area contributed by atoms with Gasteiger partial charge < -0.3 is 19.3 Å². The van der Waals surface area contributed by atoms with E-state index in [4.69, 9.17) is 15.0 Å². The summed E-state index contributed by atoms with van der Waals surface area (Å²) in [5.41, 5.74) is 0.179. The van der Waals surface area contributed by atoms with Crippen molar-refractivity contribution >= 4 is 15.9 Å². The third kappa shape index (κ3) is 4.04. The Labute approximate surface area is 117 Å². The van der Waals surface area contributed by atoms with Crippen molar-refractivity contribution in [1.29, 1.82) is 0 Å². The molecular formula is C11H19N3O5S. The number of methoxy groups -OCH3 is 1. The van der Waals surface area contributed by atoms with Gasteiger partial charge in [-0.05, 0) is 6.07 Å².